The highest BCUT2D eigenvalue weighted by Gasteiger charge is 2.26. The van der Waals surface area contributed by atoms with Gasteiger partial charge in [-0.1, -0.05) is 18.2 Å². The highest BCUT2D eigenvalue weighted by molar-refractivity contribution is 5.92. The minimum Gasteiger partial charge on any atom is -0.335 e. The maximum absolute atomic E-state index is 12.1. The molecule has 3 N–H and O–H groups in total. The summed E-state index contributed by atoms with van der Waals surface area (Å²) in [5.74, 6) is 0. The molecule has 1 aliphatic carbocycles. The Hall–Kier alpha value is -1.55. The van der Waals surface area contributed by atoms with Crippen LogP contribution >= 0.6 is 0 Å². The van der Waals surface area contributed by atoms with Gasteiger partial charge >= 0.3 is 6.03 Å². The maximum Gasteiger partial charge on any atom is 0.322 e. The third-order valence-corrected chi connectivity index (χ3v) is 2.80. The molecule has 0 saturated heterocycles. The molecule has 2 rings (SSSR count). The van der Waals surface area contributed by atoms with E-state index in [4.69, 9.17) is 5.73 Å². The predicted octanol–water partition coefficient (Wildman–Crippen LogP) is 1.71. The molecule has 1 aromatic carbocycles. The maximum atomic E-state index is 12.1. The quantitative estimate of drug-likeness (QED) is 0.813. The molecule has 4 nitrogen and oxygen atoms in total. The molecule has 4 heteroatoms. The van der Waals surface area contributed by atoms with Crippen molar-refractivity contribution in [3.05, 3.63) is 30.3 Å². The van der Waals surface area contributed by atoms with E-state index in [0.717, 1.165) is 24.9 Å². The number of nitrogens with one attached hydrogen (secondary N) is 1. The molecule has 2 amide bonds. The summed E-state index contributed by atoms with van der Waals surface area (Å²) in [6, 6.07) is 10.1. The lowest BCUT2D eigenvalue weighted by Gasteiger charge is -2.23. The average Bonchev–Trinajstić information content (AvgIpc) is 3.15. The van der Waals surface area contributed by atoms with Crippen LogP contribution in [0.3, 0.4) is 0 Å². The largest absolute Gasteiger partial charge is 0.335 e. The molecule has 1 fully saturated rings. The number of para-hydroxylation sites is 1. The van der Waals surface area contributed by atoms with Crippen molar-refractivity contribution in [2.24, 2.45) is 5.73 Å². The van der Waals surface area contributed by atoms with E-state index in [0.29, 0.717) is 19.1 Å². The van der Waals surface area contributed by atoms with E-state index in [-0.39, 0.29) is 6.03 Å². The van der Waals surface area contributed by atoms with E-state index < -0.39 is 0 Å². The Bertz CT molecular complexity index is 362. The number of carbonyl (C=O) groups excluding carboxylic acids is 1. The second-order valence-corrected chi connectivity index (χ2v) is 4.35. The molecule has 0 atom stereocenters. The summed E-state index contributed by atoms with van der Waals surface area (Å²) in [5, 5.41) is 3.01. The summed E-state index contributed by atoms with van der Waals surface area (Å²) < 4.78 is 0. The van der Waals surface area contributed by atoms with Gasteiger partial charge in [0.25, 0.3) is 0 Å². The van der Waals surface area contributed by atoms with E-state index in [1.54, 1.807) is 4.90 Å². The molecule has 0 spiro atoms. The summed E-state index contributed by atoms with van der Waals surface area (Å²) >= 11 is 0. The van der Waals surface area contributed by atoms with Gasteiger partial charge in [0.1, 0.15) is 0 Å². The molecule has 0 aliphatic heterocycles. The van der Waals surface area contributed by atoms with Crippen LogP contribution in [-0.4, -0.2) is 25.2 Å². The first-order valence-corrected chi connectivity index (χ1v) is 6.14. The second-order valence-electron chi connectivity index (χ2n) is 4.35. The smallest absolute Gasteiger partial charge is 0.322 e. The van der Waals surface area contributed by atoms with Crippen LogP contribution in [0.1, 0.15) is 19.3 Å². The van der Waals surface area contributed by atoms with Crippen molar-refractivity contribution < 1.29 is 4.79 Å². The Balaban J connectivity index is 2.03. The minimum atomic E-state index is -0.00727. The van der Waals surface area contributed by atoms with Crippen LogP contribution in [0.4, 0.5) is 10.5 Å². The van der Waals surface area contributed by atoms with Crippen LogP contribution in [0.5, 0.6) is 0 Å². The molecule has 1 aliphatic rings. The van der Waals surface area contributed by atoms with Crippen molar-refractivity contribution in [3.8, 4) is 0 Å². The van der Waals surface area contributed by atoms with Gasteiger partial charge < -0.3 is 11.1 Å². The first-order valence-electron chi connectivity index (χ1n) is 6.14. The van der Waals surface area contributed by atoms with Crippen LogP contribution in [0, 0.1) is 0 Å². The lowest BCUT2D eigenvalue weighted by molar-refractivity contribution is 0.246. The van der Waals surface area contributed by atoms with Gasteiger partial charge in [-0.2, -0.15) is 0 Å². The van der Waals surface area contributed by atoms with Crippen molar-refractivity contribution in [2.75, 3.05) is 18.0 Å². The molecular weight excluding hydrogens is 214 g/mol. The lowest BCUT2D eigenvalue weighted by Crippen LogP contribution is -2.42. The molecule has 1 aromatic rings. The number of carbonyl (C=O) groups is 1. The van der Waals surface area contributed by atoms with Crippen molar-refractivity contribution in [2.45, 2.75) is 25.3 Å². The Kier molecular flexibility index (Phi) is 3.98. The predicted molar refractivity (Wildman–Crippen MR) is 69.0 cm³/mol. The van der Waals surface area contributed by atoms with Gasteiger partial charge in [-0.05, 0) is 37.9 Å². The molecular formula is C13H19N3O. The summed E-state index contributed by atoms with van der Waals surface area (Å²) in [5.41, 5.74) is 6.44. The van der Waals surface area contributed by atoms with Crippen molar-refractivity contribution in [1.29, 1.82) is 0 Å². The van der Waals surface area contributed by atoms with Gasteiger partial charge in [-0.15, -0.1) is 0 Å². The number of hydrogen-bond donors (Lipinski definition) is 2. The Morgan fingerprint density at radius 2 is 2.06 bits per heavy atom. The van der Waals surface area contributed by atoms with E-state index in [1.807, 2.05) is 30.3 Å². The summed E-state index contributed by atoms with van der Waals surface area (Å²) in [6.45, 7) is 1.26. The molecule has 0 unspecified atom stereocenters. The zero-order chi connectivity index (χ0) is 12.1. The minimum absolute atomic E-state index is 0.00727. The van der Waals surface area contributed by atoms with Gasteiger partial charge in [0.15, 0.2) is 0 Å². The first-order chi connectivity index (χ1) is 8.31. The average molecular weight is 233 g/mol. The van der Waals surface area contributed by atoms with E-state index in [1.165, 1.54) is 0 Å². The Morgan fingerprint density at radius 3 is 2.65 bits per heavy atom. The monoisotopic (exact) mass is 233 g/mol. The van der Waals surface area contributed by atoms with Crippen LogP contribution in [0.15, 0.2) is 30.3 Å². The summed E-state index contributed by atoms with van der Waals surface area (Å²) in [6.07, 6.45) is 3.02. The molecule has 0 heterocycles. The van der Waals surface area contributed by atoms with Gasteiger partial charge in [0.05, 0.1) is 0 Å². The van der Waals surface area contributed by atoms with E-state index in [2.05, 4.69) is 5.32 Å². The number of nitrogens with zero attached hydrogens (tertiary/aromatic N) is 1. The second kappa shape index (κ2) is 5.68. The molecule has 92 valence electrons. The zero-order valence-electron chi connectivity index (χ0n) is 9.93. The third-order valence-electron chi connectivity index (χ3n) is 2.80. The molecule has 0 aromatic heterocycles. The molecule has 1 saturated carbocycles. The van der Waals surface area contributed by atoms with E-state index >= 15 is 0 Å². The van der Waals surface area contributed by atoms with Gasteiger partial charge in [-0.3, -0.25) is 4.90 Å². The molecule has 0 radical (unpaired) electrons. The fourth-order valence-corrected chi connectivity index (χ4v) is 1.69. The van der Waals surface area contributed by atoms with Crippen molar-refractivity contribution >= 4 is 11.7 Å². The fourth-order valence-electron chi connectivity index (χ4n) is 1.69. The number of rotatable bonds is 5. The van der Waals surface area contributed by atoms with Gasteiger partial charge in [0.2, 0.25) is 0 Å². The normalized spacial score (nSPS) is 14.4. The fraction of sp³-hybridized carbons (Fsp3) is 0.462. The van der Waals surface area contributed by atoms with Gasteiger partial charge in [0, 0.05) is 18.3 Å². The standard InChI is InChI=1S/C13H19N3O/c14-9-4-10-16(12-5-2-1-3-6-12)13(17)15-11-7-8-11/h1-3,5-6,11H,4,7-10,14H2,(H,15,17). The lowest BCUT2D eigenvalue weighted by atomic mass is 10.2. The SMILES string of the molecule is NCCCN(C(=O)NC1CC1)c1ccccc1. The molecule has 17 heavy (non-hydrogen) atoms. The first kappa shape index (κ1) is 11.9. The van der Waals surface area contributed by atoms with Crippen LogP contribution in [-0.2, 0) is 0 Å². The summed E-state index contributed by atoms with van der Waals surface area (Å²) in [4.78, 5) is 13.8. The number of anilines is 1. The topological polar surface area (TPSA) is 58.4 Å². The Labute approximate surface area is 102 Å². The van der Waals surface area contributed by atoms with Crippen LogP contribution < -0.4 is 16.0 Å². The highest BCUT2D eigenvalue weighted by Crippen LogP contribution is 2.20. The molecule has 0 bridgehead atoms. The number of nitrogens with two attached hydrogens (primary N) is 1. The van der Waals surface area contributed by atoms with E-state index in [9.17, 15) is 4.79 Å². The number of hydrogen-bond acceptors (Lipinski definition) is 2. The Morgan fingerprint density at radius 1 is 1.35 bits per heavy atom. The number of urea groups is 1. The zero-order valence-corrected chi connectivity index (χ0v) is 9.93. The van der Waals surface area contributed by atoms with Gasteiger partial charge in [-0.25, -0.2) is 4.79 Å². The van der Waals surface area contributed by atoms with Crippen molar-refractivity contribution in [3.63, 3.8) is 0 Å². The van der Waals surface area contributed by atoms with Crippen LogP contribution in [0.2, 0.25) is 0 Å². The van der Waals surface area contributed by atoms with Crippen LogP contribution in [0.25, 0.3) is 0 Å². The van der Waals surface area contributed by atoms with Crippen molar-refractivity contribution in [1.82, 2.24) is 5.32 Å². The number of benzene rings is 1. The number of amides is 2. The highest BCUT2D eigenvalue weighted by atomic mass is 16.2. The third kappa shape index (κ3) is 3.46. The summed E-state index contributed by atoms with van der Waals surface area (Å²) in [7, 11) is 0.